The summed E-state index contributed by atoms with van der Waals surface area (Å²) in [5.74, 6) is 1.52. The maximum absolute atomic E-state index is 13.6. The minimum atomic E-state index is -1.22. The first-order valence-electron chi connectivity index (χ1n) is 12.3. The van der Waals surface area contributed by atoms with Crippen LogP contribution < -0.4 is 9.47 Å². The first kappa shape index (κ1) is 27.4. The van der Waals surface area contributed by atoms with Gasteiger partial charge in [0, 0.05) is 12.1 Å². The number of benzene rings is 3. The number of phenols is 1. The average molecular weight is 510 g/mol. The number of carbonyl (C=O) groups is 1. The molecule has 0 spiro atoms. The highest BCUT2D eigenvalue weighted by molar-refractivity contribution is 7.91. The van der Waals surface area contributed by atoms with Crippen LogP contribution in [-0.4, -0.2) is 53.0 Å². The molecule has 0 aliphatic heterocycles. The highest BCUT2D eigenvalue weighted by Crippen LogP contribution is 2.29. The molecule has 3 aromatic rings. The number of amides is 1. The van der Waals surface area contributed by atoms with Crippen LogP contribution in [0.2, 0.25) is 0 Å². The molecule has 192 valence electrons. The monoisotopic (exact) mass is 509 g/mol. The summed E-state index contributed by atoms with van der Waals surface area (Å²) in [5, 5.41) is 9.56. The zero-order valence-electron chi connectivity index (χ0n) is 21.0. The molecule has 0 saturated carbocycles. The van der Waals surface area contributed by atoms with Crippen LogP contribution in [0.15, 0.2) is 77.7 Å². The molecule has 0 radical (unpaired) electrons. The van der Waals surface area contributed by atoms with Gasteiger partial charge in [-0.3, -0.25) is 4.79 Å². The Morgan fingerprint density at radius 2 is 1.72 bits per heavy atom. The Balaban J connectivity index is 1.76. The standard InChI is InChI=1S/C29H35NO5S/c1-3-4-8-20-35-28-22-24(13-16-27(28)34-2)29(32)30(18-17-23-11-14-25(31)15-12-23)19-21-36(33)26-9-6-5-7-10-26/h5-7,9-16,22,31H,3-4,8,17-21H2,1-2H3. The maximum atomic E-state index is 13.6. The fourth-order valence-electron chi connectivity index (χ4n) is 3.76. The molecule has 0 aliphatic rings. The molecule has 1 N–H and O–H groups in total. The van der Waals surface area contributed by atoms with E-state index in [4.69, 9.17) is 9.47 Å². The van der Waals surface area contributed by atoms with Gasteiger partial charge in [0.15, 0.2) is 16.4 Å². The van der Waals surface area contributed by atoms with E-state index in [-0.39, 0.29) is 11.7 Å². The molecule has 7 heteroatoms. The first-order valence-corrected chi connectivity index (χ1v) is 13.6. The molecule has 3 rings (SSSR count). The first-order chi connectivity index (χ1) is 17.5. The number of phenolic OH excluding ortho intramolecular Hbond substituents is 1. The van der Waals surface area contributed by atoms with Crippen molar-refractivity contribution in [2.45, 2.75) is 37.5 Å². The summed E-state index contributed by atoms with van der Waals surface area (Å²) in [6.45, 7) is 3.49. The van der Waals surface area contributed by atoms with Gasteiger partial charge >= 0.3 is 0 Å². The predicted molar refractivity (Wildman–Crippen MR) is 143 cm³/mol. The third kappa shape index (κ3) is 8.21. The number of carbonyl (C=O) groups excluding carboxylic acids is 1. The van der Waals surface area contributed by atoms with Gasteiger partial charge in [-0.15, -0.1) is 0 Å². The van der Waals surface area contributed by atoms with Gasteiger partial charge in [0.05, 0.1) is 20.3 Å². The van der Waals surface area contributed by atoms with Gasteiger partial charge in [-0.25, -0.2) is 0 Å². The lowest BCUT2D eigenvalue weighted by Crippen LogP contribution is -2.36. The van der Waals surface area contributed by atoms with E-state index in [0.29, 0.717) is 48.9 Å². The molecule has 0 bridgehead atoms. The second-order valence-electron chi connectivity index (χ2n) is 8.49. The lowest BCUT2D eigenvalue weighted by molar-refractivity contribution is 0.0766. The van der Waals surface area contributed by atoms with Crippen LogP contribution in [0.5, 0.6) is 17.2 Å². The number of aromatic hydroxyl groups is 1. The van der Waals surface area contributed by atoms with E-state index in [1.165, 1.54) is 0 Å². The van der Waals surface area contributed by atoms with Crippen LogP contribution in [0.3, 0.4) is 0 Å². The van der Waals surface area contributed by atoms with Gasteiger partial charge in [0.25, 0.3) is 5.91 Å². The van der Waals surface area contributed by atoms with Crippen molar-refractivity contribution < 1.29 is 23.9 Å². The summed E-state index contributed by atoms with van der Waals surface area (Å²) < 4.78 is 24.2. The van der Waals surface area contributed by atoms with Crippen molar-refractivity contribution in [2.24, 2.45) is 0 Å². The molecule has 1 atom stereocenters. The Morgan fingerprint density at radius 1 is 0.972 bits per heavy atom. The van der Waals surface area contributed by atoms with Gasteiger partial charge in [0.2, 0.25) is 0 Å². The number of nitrogens with zero attached hydrogens (tertiary/aromatic N) is 1. The summed E-state index contributed by atoms with van der Waals surface area (Å²) in [6, 6.07) is 21.5. The molecule has 1 unspecified atom stereocenters. The van der Waals surface area contributed by atoms with Crippen LogP contribution in [0.1, 0.15) is 42.1 Å². The van der Waals surface area contributed by atoms with Crippen LogP contribution in [0.4, 0.5) is 0 Å². The molecular formula is C29H35NO5S. The van der Waals surface area contributed by atoms with Crippen molar-refractivity contribution in [3.8, 4) is 17.2 Å². The van der Waals surface area contributed by atoms with Crippen LogP contribution in [-0.2, 0) is 17.6 Å². The van der Waals surface area contributed by atoms with Crippen molar-refractivity contribution in [1.29, 1.82) is 0 Å². The summed E-state index contributed by atoms with van der Waals surface area (Å²) in [7, 11) is 1.58. The van der Waals surface area contributed by atoms with Gasteiger partial charge in [0.1, 0.15) is 11.5 Å². The third-order valence-corrected chi connectivity index (χ3v) is 7.21. The fraction of sp³-hybridized carbons (Fsp3) is 0.345. The highest BCUT2D eigenvalue weighted by Gasteiger charge is 2.21. The Labute approximate surface area is 217 Å². The number of hydrogen-bond acceptors (Lipinski definition) is 5. The number of unbranched alkanes of at least 4 members (excludes halogenated alkanes) is 2. The Kier molecular flexibility index (Phi) is 11.0. The summed E-state index contributed by atoms with van der Waals surface area (Å²) >= 11 is -1.22. The van der Waals surface area contributed by atoms with Gasteiger partial charge in [-0.2, -0.15) is 0 Å². The van der Waals surface area contributed by atoms with E-state index in [1.54, 1.807) is 42.3 Å². The van der Waals surface area contributed by atoms with Crippen molar-refractivity contribution in [3.05, 3.63) is 83.9 Å². The van der Waals surface area contributed by atoms with E-state index in [1.807, 2.05) is 42.5 Å². The normalized spacial score (nSPS) is 11.6. The van der Waals surface area contributed by atoms with Gasteiger partial charge < -0.3 is 24.0 Å². The number of methoxy groups -OCH3 is 1. The van der Waals surface area contributed by atoms with Crippen LogP contribution >= 0.6 is 0 Å². The summed E-state index contributed by atoms with van der Waals surface area (Å²) in [5.41, 5.74) is 1.50. The fourth-order valence-corrected chi connectivity index (χ4v) is 4.85. The SMILES string of the molecule is CCCCCOc1cc(C(=O)N(CCc2ccc(O)cc2)CC[S+]([O-])c2ccccc2)ccc1OC. The maximum Gasteiger partial charge on any atom is 0.254 e. The average Bonchev–Trinajstić information content (AvgIpc) is 2.92. The van der Waals surface area contributed by atoms with Crippen molar-refractivity contribution >= 4 is 17.1 Å². The van der Waals surface area contributed by atoms with Crippen molar-refractivity contribution in [2.75, 3.05) is 32.6 Å². The molecule has 1 amide bonds. The molecule has 6 nitrogen and oxygen atoms in total. The summed E-state index contributed by atoms with van der Waals surface area (Å²) in [4.78, 5) is 16.1. The molecule has 3 aromatic carbocycles. The molecule has 0 aliphatic carbocycles. The molecule has 0 heterocycles. The quantitative estimate of drug-likeness (QED) is 0.230. The third-order valence-electron chi connectivity index (χ3n) is 5.86. The minimum absolute atomic E-state index is 0.153. The van der Waals surface area contributed by atoms with Crippen LogP contribution in [0, 0.1) is 0 Å². The second-order valence-corrected chi connectivity index (χ2v) is 10.1. The highest BCUT2D eigenvalue weighted by atomic mass is 32.2. The Bertz CT molecular complexity index is 1070. The van der Waals surface area contributed by atoms with Gasteiger partial charge in [-0.05, 0) is 72.0 Å². The lowest BCUT2D eigenvalue weighted by atomic mass is 10.1. The largest absolute Gasteiger partial charge is 0.611 e. The summed E-state index contributed by atoms with van der Waals surface area (Å²) in [6.07, 6.45) is 3.71. The Morgan fingerprint density at radius 3 is 2.42 bits per heavy atom. The van der Waals surface area contributed by atoms with Crippen molar-refractivity contribution in [1.82, 2.24) is 4.90 Å². The Hall–Kier alpha value is -3.16. The zero-order chi connectivity index (χ0) is 25.8. The van der Waals surface area contributed by atoms with Crippen LogP contribution in [0.25, 0.3) is 0 Å². The van der Waals surface area contributed by atoms with E-state index >= 15 is 0 Å². The number of rotatable bonds is 14. The number of hydrogen-bond donors (Lipinski definition) is 1. The molecule has 36 heavy (non-hydrogen) atoms. The predicted octanol–water partition coefficient (Wildman–Crippen LogP) is 5.46. The molecule has 0 saturated heterocycles. The van der Waals surface area contributed by atoms with Gasteiger partial charge in [-0.1, -0.05) is 50.1 Å². The van der Waals surface area contributed by atoms with E-state index < -0.39 is 11.2 Å². The topological polar surface area (TPSA) is 82.1 Å². The smallest absolute Gasteiger partial charge is 0.254 e. The van der Waals surface area contributed by atoms with E-state index in [0.717, 1.165) is 29.7 Å². The van der Waals surface area contributed by atoms with E-state index in [9.17, 15) is 14.5 Å². The molecule has 0 fully saturated rings. The minimum Gasteiger partial charge on any atom is -0.611 e. The second kappa shape index (κ2) is 14.4. The number of ether oxygens (including phenoxy) is 2. The molecular weight excluding hydrogens is 474 g/mol. The zero-order valence-corrected chi connectivity index (χ0v) is 21.8. The lowest BCUT2D eigenvalue weighted by Gasteiger charge is -2.24. The molecule has 0 aromatic heterocycles. The van der Waals surface area contributed by atoms with Crippen molar-refractivity contribution in [3.63, 3.8) is 0 Å². The van der Waals surface area contributed by atoms with E-state index in [2.05, 4.69) is 6.92 Å².